The van der Waals surface area contributed by atoms with E-state index in [0.717, 1.165) is 17.5 Å². The highest BCUT2D eigenvalue weighted by Crippen LogP contribution is 2.38. The fraction of sp³-hybridized carbons (Fsp3) is 0.158. The SMILES string of the molecule is COc1ccc2nc3c(c(-c4ccc(C(F)(F)F)cc4)c2c1)CNC3=O. The third-order valence-corrected chi connectivity index (χ3v) is 4.43. The minimum absolute atomic E-state index is 0.282. The number of carbonyl (C=O) groups is 1. The molecule has 0 fully saturated rings. The number of hydrogen-bond donors (Lipinski definition) is 1. The Balaban J connectivity index is 1.99. The lowest BCUT2D eigenvalue weighted by molar-refractivity contribution is -0.137. The van der Waals surface area contributed by atoms with E-state index in [1.54, 1.807) is 18.2 Å². The molecule has 1 N–H and O–H groups in total. The fourth-order valence-electron chi connectivity index (χ4n) is 3.18. The second-order valence-electron chi connectivity index (χ2n) is 5.95. The largest absolute Gasteiger partial charge is 0.497 e. The van der Waals surface area contributed by atoms with Crippen molar-refractivity contribution in [2.75, 3.05) is 7.11 Å². The summed E-state index contributed by atoms with van der Waals surface area (Å²) in [5.41, 5.74) is 2.12. The van der Waals surface area contributed by atoms with Gasteiger partial charge in [0.2, 0.25) is 0 Å². The molecule has 2 heterocycles. The minimum Gasteiger partial charge on any atom is -0.497 e. The van der Waals surface area contributed by atoms with E-state index >= 15 is 0 Å². The van der Waals surface area contributed by atoms with E-state index < -0.39 is 11.7 Å². The molecule has 0 unspecified atom stereocenters. The quantitative estimate of drug-likeness (QED) is 0.748. The predicted octanol–water partition coefficient (Wildman–Crippen LogP) is 4.17. The van der Waals surface area contributed by atoms with Crippen LogP contribution < -0.4 is 10.1 Å². The molecule has 1 aliphatic rings. The highest BCUT2D eigenvalue weighted by Gasteiger charge is 2.31. The van der Waals surface area contributed by atoms with E-state index in [0.29, 0.717) is 33.7 Å². The summed E-state index contributed by atoms with van der Waals surface area (Å²) >= 11 is 0. The lowest BCUT2D eigenvalue weighted by Gasteiger charge is -2.14. The van der Waals surface area contributed by atoms with E-state index in [9.17, 15) is 18.0 Å². The van der Waals surface area contributed by atoms with Gasteiger partial charge in [-0.05, 0) is 41.5 Å². The van der Waals surface area contributed by atoms with Gasteiger partial charge in [-0.3, -0.25) is 4.79 Å². The van der Waals surface area contributed by atoms with E-state index in [4.69, 9.17) is 4.74 Å². The molecule has 0 saturated heterocycles. The maximum Gasteiger partial charge on any atom is 0.416 e. The number of ether oxygens (including phenoxy) is 1. The zero-order valence-electron chi connectivity index (χ0n) is 13.6. The summed E-state index contributed by atoms with van der Waals surface area (Å²) in [7, 11) is 1.53. The average Bonchev–Trinajstić information content (AvgIpc) is 2.99. The molecule has 26 heavy (non-hydrogen) atoms. The maximum atomic E-state index is 12.9. The van der Waals surface area contributed by atoms with E-state index in [1.807, 2.05) is 0 Å². The van der Waals surface area contributed by atoms with Crippen molar-refractivity contribution in [2.24, 2.45) is 0 Å². The number of rotatable bonds is 2. The van der Waals surface area contributed by atoms with Gasteiger partial charge in [-0.25, -0.2) is 4.98 Å². The summed E-state index contributed by atoms with van der Waals surface area (Å²) in [5.74, 6) is 0.315. The Hall–Kier alpha value is -3.09. The van der Waals surface area contributed by atoms with Crippen LogP contribution >= 0.6 is 0 Å². The minimum atomic E-state index is -4.40. The summed E-state index contributed by atoms with van der Waals surface area (Å²) in [5, 5.41) is 3.44. The van der Waals surface area contributed by atoms with Crippen molar-refractivity contribution >= 4 is 16.8 Å². The smallest absolute Gasteiger partial charge is 0.416 e. The first-order chi connectivity index (χ1) is 12.4. The molecule has 7 heteroatoms. The van der Waals surface area contributed by atoms with Crippen LogP contribution in [0.15, 0.2) is 42.5 Å². The topological polar surface area (TPSA) is 51.2 Å². The van der Waals surface area contributed by atoms with Gasteiger partial charge in [-0.1, -0.05) is 12.1 Å². The molecular formula is C19H13F3N2O2. The first-order valence-corrected chi connectivity index (χ1v) is 7.85. The highest BCUT2D eigenvalue weighted by atomic mass is 19.4. The van der Waals surface area contributed by atoms with Crippen LogP contribution in [0, 0.1) is 0 Å². The summed E-state index contributed by atoms with van der Waals surface area (Å²) in [6, 6.07) is 10.1. The molecule has 1 aromatic heterocycles. The van der Waals surface area contributed by atoms with Crippen molar-refractivity contribution in [3.8, 4) is 16.9 Å². The summed E-state index contributed by atoms with van der Waals surface area (Å²) < 4.78 is 43.8. The second-order valence-corrected chi connectivity index (χ2v) is 5.95. The molecule has 132 valence electrons. The van der Waals surface area contributed by atoms with Crippen molar-refractivity contribution in [3.05, 3.63) is 59.3 Å². The van der Waals surface area contributed by atoms with Gasteiger partial charge < -0.3 is 10.1 Å². The van der Waals surface area contributed by atoms with Crippen LogP contribution in [0.4, 0.5) is 13.2 Å². The van der Waals surface area contributed by atoms with Gasteiger partial charge in [0.25, 0.3) is 5.91 Å². The van der Waals surface area contributed by atoms with Crippen molar-refractivity contribution < 1.29 is 22.7 Å². The van der Waals surface area contributed by atoms with Gasteiger partial charge in [0, 0.05) is 17.5 Å². The number of methoxy groups -OCH3 is 1. The molecule has 4 nitrogen and oxygen atoms in total. The molecule has 0 bridgehead atoms. The number of nitrogens with zero attached hydrogens (tertiary/aromatic N) is 1. The number of amides is 1. The Kier molecular flexibility index (Phi) is 3.61. The monoisotopic (exact) mass is 358 g/mol. The number of alkyl halides is 3. The number of halogens is 3. The summed E-state index contributed by atoms with van der Waals surface area (Å²) in [6.45, 7) is 0.282. The zero-order valence-corrected chi connectivity index (χ0v) is 13.6. The van der Waals surface area contributed by atoms with Gasteiger partial charge >= 0.3 is 6.18 Å². The number of carbonyl (C=O) groups excluding carboxylic acids is 1. The normalized spacial score (nSPS) is 13.6. The summed E-state index contributed by atoms with van der Waals surface area (Å²) in [6.07, 6.45) is -4.40. The summed E-state index contributed by atoms with van der Waals surface area (Å²) in [4.78, 5) is 16.5. The molecule has 0 saturated carbocycles. The fourth-order valence-corrected chi connectivity index (χ4v) is 3.18. The molecule has 1 amide bonds. The van der Waals surface area contributed by atoms with E-state index in [2.05, 4.69) is 10.3 Å². The average molecular weight is 358 g/mol. The van der Waals surface area contributed by atoms with Gasteiger partial charge in [0.05, 0.1) is 18.2 Å². The number of benzene rings is 2. The number of aromatic nitrogens is 1. The molecule has 0 spiro atoms. The zero-order chi connectivity index (χ0) is 18.5. The Morgan fingerprint density at radius 1 is 1.12 bits per heavy atom. The molecule has 0 atom stereocenters. The molecule has 0 radical (unpaired) electrons. The van der Waals surface area contributed by atoms with Crippen LogP contribution in [0.1, 0.15) is 21.6 Å². The Morgan fingerprint density at radius 3 is 2.50 bits per heavy atom. The van der Waals surface area contributed by atoms with Gasteiger partial charge in [0.15, 0.2) is 0 Å². The first-order valence-electron chi connectivity index (χ1n) is 7.85. The Morgan fingerprint density at radius 2 is 1.85 bits per heavy atom. The van der Waals surface area contributed by atoms with Crippen molar-refractivity contribution in [3.63, 3.8) is 0 Å². The number of fused-ring (bicyclic) bond motifs is 2. The van der Waals surface area contributed by atoms with Crippen LogP contribution in [-0.4, -0.2) is 18.0 Å². The lowest BCUT2D eigenvalue weighted by Crippen LogP contribution is -2.13. The van der Waals surface area contributed by atoms with Crippen molar-refractivity contribution in [1.82, 2.24) is 10.3 Å². The standard InChI is InChI=1S/C19H13F3N2O2/c1-26-12-6-7-15-13(8-12)16(14-9-23-18(25)17(14)24-15)10-2-4-11(5-3-10)19(20,21)22/h2-8H,9H2,1H3,(H,23,25). The predicted molar refractivity (Wildman–Crippen MR) is 89.9 cm³/mol. The van der Waals surface area contributed by atoms with E-state index in [1.165, 1.54) is 19.2 Å². The number of hydrogen-bond acceptors (Lipinski definition) is 3. The molecule has 4 rings (SSSR count). The molecular weight excluding hydrogens is 345 g/mol. The molecule has 3 aromatic rings. The van der Waals surface area contributed by atoms with Crippen LogP contribution in [0.2, 0.25) is 0 Å². The molecule has 2 aromatic carbocycles. The number of nitrogens with one attached hydrogen (secondary N) is 1. The van der Waals surface area contributed by atoms with Crippen LogP contribution in [0.3, 0.4) is 0 Å². The number of pyridine rings is 1. The third kappa shape index (κ3) is 2.56. The molecule has 1 aliphatic heterocycles. The first kappa shape index (κ1) is 16.4. The Labute approximate surface area is 146 Å². The van der Waals surface area contributed by atoms with Crippen LogP contribution in [0.5, 0.6) is 5.75 Å². The van der Waals surface area contributed by atoms with Gasteiger partial charge in [-0.15, -0.1) is 0 Å². The van der Waals surface area contributed by atoms with Crippen molar-refractivity contribution in [1.29, 1.82) is 0 Å². The van der Waals surface area contributed by atoms with Crippen LogP contribution in [-0.2, 0) is 12.7 Å². The third-order valence-electron chi connectivity index (χ3n) is 4.43. The van der Waals surface area contributed by atoms with Gasteiger partial charge in [0.1, 0.15) is 11.4 Å². The van der Waals surface area contributed by atoms with Crippen molar-refractivity contribution in [2.45, 2.75) is 12.7 Å². The molecule has 0 aliphatic carbocycles. The van der Waals surface area contributed by atoms with Gasteiger partial charge in [-0.2, -0.15) is 13.2 Å². The second kappa shape index (κ2) is 5.72. The lowest BCUT2D eigenvalue weighted by atomic mass is 9.94. The van der Waals surface area contributed by atoms with E-state index in [-0.39, 0.29) is 12.5 Å². The maximum absolute atomic E-state index is 12.9. The highest BCUT2D eigenvalue weighted by molar-refractivity contribution is 6.06. The Bertz CT molecular complexity index is 1030. The van der Waals surface area contributed by atoms with Crippen LogP contribution in [0.25, 0.3) is 22.0 Å².